The summed E-state index contributed by atoms with van der Waals surface area (Å²) in [6.45, 7) is 6.15. The molecule has 0 aliphatic carbocycles. The number of aromatic nitrogens is 1. The molecule has 1 aliphatic rings. The second-order valence-corrected chi connectivity index (χ2v) is 5.26. The van der Waals surface area contributed by atoms with E-state index in [1.165, 1.54) is 19.0 Å². The molecular formula is C14H24Cl2N4O. The Bertz CT molecular complexity index is 419. The largest absolute Gasteiger partial charge is 0.397 e. The van der Waals surface area contributed by atoms with Crippen molar-refractivity contribution < 1.29 is 4.79 Å². The quantitative estimate of drug-likeness (QED) is 0.883. The average Bonchev–Trinajstić information content (AvgIpc) is 2.41. The molecule has 2 rings (SSSR count). The first kappa shape index (κ1) is 20.0. The summed E-state index contributed by atoms with van der Waals surface area (Å²) in [6.07, 6.45) is 4.02. The Balaban J connectivity index is 0.00000200. The number of nitrogens with one attached hydrogen (secondary N) is 1. The van der Waals surface area contributed by atoms with Crippen LogP contribution in [0.2, 0.25) is 0 Å². The second-order valence-electron chi connectivity index (χ2n) is 5.26. The number of halogens is 2. The lowest BCUT2D eigenvalue weighted by molar-refractivity contribution is 0.0939. The predicted molar refractivity (Wildman–Crippen MR) is 90.3 cm³/mol. The molecule has 0 bridgehead atoms. The summed E-state index contributed by atoms with van der Waals surface area (Å²) in [6, 6.07) is 3.33. The van der Waals surface area contributed by atoms with Crippen LogP contribution < -0.4 is 11.1 Å². The number of likely N-dealkylation sites (tertiary alicyclic amines) is 1. The van der Waals surface area contributed by atoms with Gasteiger partial charge >= 0.3 is 0 Å². The normalized spacial score (nSPS) is 15.7. The van der Waals surface area contributed by atoms with Gasteiger partial charge in [-0.05, 0) is 44.0 Å². The van der Waals surface area contributed by atoms with Crippen LogP contribution in [0.3, 0.4) is 0 Å². The number of nitrogens with zero attached hydrogens (tertiary/aromatic N) is 2. The highest BCUT2D eigenvalue weighted by Gasteiger charge is 2.15. The monoisotopic (exact) mass is 334 g/mol. The SMILES string of the molecule is CC1CCN(CCNC(=O)c2ccc(N)cn2)CC1.Cl.Cl. The van der Waals surface area contributed by atoms with Gasteiger partial charge in [0.05, 0.1) is 11.9 Å². The maximum absolute atomic E-state index is 11.8. The number of carbonyl (C=O) groups excluding carboxylic acids is 1. The summed E-state index contributed by atoms with van der Waals surface area (Å²) in [5, 5.41) is 2.89. The first-order valence-electron chi connectivity index (χ1n) is 6.87. The number of hydrogen-bond acceptors (Lipinski definition) is 4. The molecule has 7 heteroatoms. The van der Waals surface area contributed by atoms with Gasteiger partial charge in [-0.25, -0.2) is 4.98 Å². The second kappa shape index (κ2) is 9.82. The highest BCUT2D eigenvalue weighted by molar-refractivity contribution is 5.92. The van der Waals surface area contributed by atoms with Crippen LogP contribution in [0.4, 0.5) is 5.69 Å². The van der Waals surface area contributed by atoms with Gasteiger partial charge in [0.2, 0.25) is 0 Å². The summed E-state index contributed by atoms with van der Waals surface area (Å²) in [4.78, 5) is 18.2. The van der Waals surface area contributed by atoms with Gasteiger partial charge in [-0.3, -0.25) is 4.79 Å². The van der Waals surface area contributed by atoms with Gasteiger partial charge in [0.15, 0.2) is 0 Å². The Labute approximate surface area is 138 Å². The van der Waals surface area contributed by atoms with Crippen molar-refractivity contribution in [2.75, 3.05) is 31.9 Å². The number of hydrogen-bond donors (Lipinski definition) is 2. The van der Waals surface area contributed by atoms with E-state index in [0.717, 1.165) is 25.6 Å². The van der Waals surface area contributed by atoms with Crippen LogP contribution in [0, 0.1) is 5.92 Å². The van der Waals surface area contributed by atoms with Gasteiger partial charge in [0.1, 0.15) is 5.69 Å². The minimum Gasteiger partial charge on any atom is -0.397 e. The number of amides is 1. The first-order valence-corrected chi connectivity index (χ1v) is 6.87. The Morgan fingerprint density at radius 2 is 2.05 bits per heavy atom. The summed E-state index contributed by atoms with van der Waals surface area (Å²) >= 11 is 0. The Hall–Kier alpha value is -1.04. The van der Waals surface area contributed by atoms with E-state index in [9.17, 15) is 4.79 Å². The third kappa shape index (κ3) is 6.50. The van der Waals surface area contributed by atoms with Crippen LogP contribution in [0.1, 0.15) is 30.3 Å². The van der Waals surface area contributed by atoms with E-state index in [4.69, 9.17) is 5.73 Å². The Kier molecular flexibility index (Phi) is 9.33. The van der Waals surface area contributed by atoms with Crippen LogP contribution in [0.5, 0.6) is 0 Å². The van der Waals surface area contributed by atoms with Gasteiger partial charge in [0, 0.05) is 13.1 Å². The van der Waals surface area contributed by atoms with Gasteiger partial charge in [-0.15, -0.1) is 24.8 Å². The van der Waals surface area contributed by atoms with Crippen LogP contribution in [-0.4, -0.2) is 42.0 Å². The number of rotatable bonds is 4. The minimum atomic E-state index is -0.134. The molecule has 0 spiro atoms. The van der Waals surface area contributed by atoms with E-state index in [1.54, 1.807) is 12.1 Å². The van der Waals surface area contributed by atoms with Crippen molar-refractivity contribution in [3.63, 3.8) is 0 Å². The fourth-order valence-electron chi connectivity index (χ4n) is 2.24. The van der Waals surface area contributed by atoms with Gasteiger partial charge < -0.3 is 16.0 Å². The molecule has 1 aromatic heterocycles. The summed E-state index contributed by atoms with van der Waals surface area (Å²) in [5.41, 5.74) is 6.52. The standard InChI is InChI=1S/C14H22N4O.2ClH/c1-11-4-7-18(8-5-11)9-6-16-14(19)13-3-2-12(15)10-17-13;;/h2-3,10-11H,4-9,15H2,1H3,(H,16,19);2*1H. The minimum absolute atomic E-state index is 0. The number of carbonyl (C=O) groups is 1. The average molecular weight is 335 g/mol. The third-order valence-electron chi connectivity index (χ3n) is 3.61. The molecule has 1 amide bonds. The Morgan fingerprint density at radius 3 is 2.62 bits per heavy atom. The van der Waals surface area contributed by atoms with E-state index >= 15 is 0 Å². The molecule has 0 saturated carbocycles. The van der Waals surface area contributed by atoms with Crippen LogP contribution in [0.15, 0.2) is 18.3 Å². The van der Waals surface area contributed by atoms with Crippen LogP contribution in [0.25, 0.3) is 0 Å². The van der Waals surface area contributed by atoms with Crippen molar-refractivity contribution >= 4 is 36.4 Å². The molecule has 0 aromatic carbocycles. The number of piperidine rings is 1. The molecule has 3 N–H and O–H groups in total. The summed E-state index contributed by atoms with van der Waals surface area (Å²) in [5.74, 6) is 0.704. The Morgan fingerprint density at radius 1 is 1.38 bits per heavy atom. The maximum Gasteiger partial charge on any atom is 0.269 e. The van der Waals surface area contributed by atoms with E-state index in [-0.39, 0.29) is 30.7 Å². The van der Waals surface area contributed by atoms with Crippen molar-refractivity contribution in [1.82, 2.24) is 15.2 Å². The van der Waals surface area contributed by atoms with Gasteiger partial charge in [-0.1, -0.05) is 6.92 Å². The highest BCUT2D eigenvalue weighted by atomic mass is 35.5. The number of pyridine rings is 1. The third-order valence-corrected chi connectivity index (χ3v) is 3.61. The molecule has 1 aliphatic heterocycles. The lowest BCUT2D eigenvalue weighted by atomic mass is 9.99. The molecule has 1 saturated heterocycles. The first-order chi connectivity index (χ1) is 9.15. The lowest BCUT2D eigenvalue weighted by Gasteiger charge is -2.30. The number of nitrogen functional groups attached to an aromatic ring is 1. The maximum atomic E-state index is 11.8. The summed E-state index contributed by atoms with van der Waals surface area (Å²) in [7, 11) is 0. The van der Waals surface area contributed by atoms with Crippen molar-refractivity contribution in [3.05, 3.63) is 24.0 Å². The van der Waals surface area contributed by atoms with E-state index < -0.39 is 0 Å². The molecule has 2 heterocycles. The predicted octanol–water partition coefficient (Wildman–Crippen LogP) is 1.97. The molecule has 1 fully saturated rings. The molecule has 0 unspecified atom stereocenters. The van der Waals surface area contributed by atoms with Crippen molar-refractivity contribution in [3.8, 4) is 0 Å². The number of anilines is 1. The zero-order valence-corrected chi connectivity index (χ0v) is 13.9. The molecule has 120 valence electrons. The molecule has 0 radical (unpaired) electrons. The topological polar surface area (TPSA) is 71.2 Å². The van der Waals surface area contributed by atoms with E-state index in [0.29, 0.717) is 17.9 Å². The van der Waals surface area contributed by atoms with Gasteiger partial charge in [-0.2, -0.15) is 0 Å². The van der Waals surface area contributed by atoms with Crippen molar-refractivity contribution in [2.24, 2.45) is 5.92 Å². The fraction of sp³-hybridized carbons (Fsp3) is 0.571. The van der Waals surface area contributed by atoms with E-state index in [1.807, 2.05) is 0 Å². The molecule has 5 nitrogen and oxygen atoms in total. The molecule has 21 heavy (non-hydrogen) atoms. The lowest BCUT2D eigenvalue weighted by Crippen LogP contribution is -2.39. The van der Waals surface area contributed by atoms with E-state index in [2.05, 4.69) is 22.1 Å². The molecule has 1 aromatic rings. The zero-order chi connectivity index (χ0) is 13.7. The molecule has 0 atom stereocenters. The number of nitrogens with two attached hydrogens (primary N) is 1. The van der Waals surface area contributed by atoms with Crippen LogP contribution >= 0.6 is 24.8 Å². The van der Waals surface area contributed by atoms with Crippen molar-refractivity contribution in [1.29, 1.82) is 0 Å². The summed E-state index contributed by atoms with van der Waals surface area (Å²) < 4.78 is 0. The fourth-order valence-corrected chi connectivity index (χ4v) is 2.24. The zero-order valence-electron chi connectivity index (χ0n) is 12.2. The van der Waals surface area contributed by atoms with Gasteiger partial charge in [0.25, 0.3) is 5.91 Å². The highest BCUT2D eigenvalue weighted by Crippen LogP contribution is 2.15. The van der Waals surface area contributed by atoms with Crippen molar-refractivity contribution in [2.45, 2.75) is 19.8 Å². The smallest absolute Gasteiger partial charge is 0.269 e. The molecular weight excluding hydrogens is 311 g/mol. The van der Waals surface area contributed by atoms with Crippen LogP contribution in [-0.2, 0) is 0 Å².